The van der Waals surface area contributed by atoms with E-state index in [0.29, 0.717) is 0 Å². The fourth-order valence-electron chi connectivity index (χ4n) is 1.93. The van der Waals surface area contributed by atoms with Crippen LogP contribution in [-0.2, 0) is 18.6 Å². The molecular formula is C11H24N3O4P. The van der Waals surface area contributed by atoms with Crippen LogP contribution in [0, 0.1) is 0 Å². The van der Waals surface area contributed by atoms with Crippen molar-refractivity contribution in [3.05, 3.63) is 0 Å². The highest BCUT2D eigenvalue weighted by atomic mass is 31.2. The molecule has 112 valence electrons. The molecule has 7 nitrogen and oxygen atoms in total. The Bertz CT molecular complexity index is 345. The van der Waals surface area contributed by atoms with Gasteiger partial charge in [0.1, 0.15) is 6.04 Å². The SMILES string of the molecule is CCOC(=O)C(C)NP(N)(=O)OC1CCN(C)CC1. The van der Waals surface area contributed by atoms with E-state index >= 15 is 0 Å². The zero-order valence-corrected chi connectivity index (χ0v) is 12.7. The normalized spacial score (nSPS) is 22.7. The van der Waals surface area contributed by atoms with Crippen molar-refractivity contribution >= 4 is 13.6 Å². The van der Waals surface area contributed by atoms with Crippen molar-refractivity contribution in [2.75, 3.05) is 26.7 Å². The largest absolute Gasteiger partial charge is 0.465 e. The van der Waals surface area contributed by atoms with Gasteiger partial charge in [0.05, 0.1) is 12.7 Å². The fraction of sp³-hybridized carbons (Fsp3) is 0.909. The van der Waals surface area contributed by atoms with E-state index in [1.807, 2.05) is 7.05 Å². The molecule has 0 aliphatic carbocycles. The van der Waals surface area contributed by atoms with Crippen LogP contribution in [0.4, 0.5) is 0 Å². The molecule has 0 saturated carbocycles. The first-order chi connectivity index (χ1) is 8.84. The second-order valence-corrected chi connectivity index (χ2v) is 6.47. The van der Waals surface area contributed by atoms with Crippen molar-refractivity contribution in [2.24, 2.45) is 5.50 Å². The number of carbonyl (C=O) groups excluding carboxylic acids is 1. The number of hydrogen-bond acceptors (Lipinski definition) is 5. The molecule has 2 unspecified atom stereocenters. The first-order valence-corrected chi connectivity index (χ1v) is 8.23. The molecule has 3 N–H and O–H groups in total. The summed E-state index contributed by atoms with van der Waals surface area (Å²) in [5, 5.41) is 2.52. The molecular weight excluding hydrogens is 269 g/mol. The zero-order valence-electron chi connectivity index (χ0n) is 11.8. The minimum absolute atomic E-state index is 0.131. The van der Waals surface area contributed by atoms with Crippen LogP contribution in [0.25, 0.3) is 0 Å². The topological polar surface area (TPSA) is 93.9 Å². The van der Waals surface area contributed by atoms with E-state index in [-0.39, 0.29) is 12.7 Å². The summed E-state index contributed by atoms with van der Waals surface area (Å²) in [4.78, 5) is 13.6. The first-order valence-electron chi connectivity index (χ1n) is 6.54. The molecule has 1 aliphatic heterocycles. The van der Waals surface area contributed by atoms with Crippen LogP contribution in [0.5, 0.6) is 0 Å². The maximum Gasteiger partial charge on any atom is 0.339 e. The van der Waals surface area contributed by atoms with Crippen LogP contribution < -0.4 is 10.6 Å². The predicted octanol–water partition coefficient (Wildman–Crippen LogP) is 0.705. The lowest BCUT2D eigenvalue weighted by Crippen LogP contribution is -2.39. The molecule has 2 atom stereocenters. The molecule has 1 rings (SSSR count). The molecule has 0 aromatic rings. The molecule has 0 aromatic heterocycles. The molecule has 0 bridgehead atoms. The minimum atomic E-state index is -3.48. The van der Waals surface area contributed by atoms with Crippen LogP contribution in [0.2, 0.25) is 0 Å². The molecule has 0 radical (unpaired) electrons. The summed E-state index contributed by atoms with van der Waals surface area (Å²) in [5.41, 5.74) is 5.62. The second kappa shape index (κ2) is 7.36. The van der Waals surface area contributed by atoms with E-state index in [9.17, 15) is 9.36 Å². The maximum atomic E-state index is 12.1. The van der Waals surface area contributed by atoms with Gasteiger partial charge in [-0.3, -0.25) is 9.36 Å². The van der Waals surface area contributed by atoms with Crippen molar-refractivity contribution in [1.29, 1.82) is 0 Å². The molecule has 0 aromatic carbocycles. The summed E-state index contributed by atoms with van der Waals surface area (Å²) in [6.07, 6.45) is 1.44. The number of nitrogens with two attached hydrogens (primary N) is 1. The van der Waals surface area contributed by atoms with E-state index in [0.717, 1.165) is 25.9 Å². The lowest BCUT2D eigenvalue weighted by Gasteiger charge is -2.31. The average molecular weight is 293 g/mol. The van der Waals surface area contributed by atoms with Gasteiger partial charge in [0.15, 0.2) is 0 Å². The summed E-state index contributed by atoms with van der Waals surface area (Å²) in [6.45, 7) is 5.31. The lowest BCUT2D eigenvalue weighted by molar-refractivity contribution is -0.144. The summed E-state index contributed by atoms with van der Waals surface area (Å²) in [6, 6.07) is -0.748. The molecule has 1 saturated heterocycles. The van der Waals surface area contributed by atoms with E-state index in [1.165, 1.54) is 0 Å². The number of piperidine rings is 1. The maximum absolute atomic E-state index is 12.1. The van der Waals surface area contributed by atoms with Gasteiger partial charge in [-0.1, -0.05) is 0 Å². The predicted molar refractivity (Wildman–Crippen MR) is 72.6 cm³/mol. The van der Waals surface area contributed by atoms with Gasteiger partial charge < -0.3 is 14.2 Å². The van der Waals surface area contributed by atoms with Gasteiger partial charge in [0, 0.05) is 13.1 Å². The third kappa shape index (κ3) is 6.01. The van der Waals surface area contributed by atoms with Crippen LogP contribution in [0.15, 0.2) is 0 Å². The Morgan fingerprint density at radius 2 is 2.11 bits per heavy atom. The third-order valence-electron chi connectivity index (χ3n) is 2.99. The van der Waals surface area contributed by atoms with Gasteiger partial charge in [0.25, 0.3) is 0 Å². The summed E-state index contributed by atoms with van der Waals surface area (Å²) in [7, 11) is -1.46. The molecule has 19 heavy (non-hydrogen) atoms. The van der Waals surface area contributed by atoms with Crippen molar-refractivity contribution in [2.45, 2.75) is 38.8 Å². The number of hydrogen-bond donors (Lipinski definition) is 2. The standard InChI is InChI=1S/C11H24N3O4P/c1-4-17-11(15)9(2)13-19(12,16)18-10-5-7-14(3)8-6-10/h9-10H,4-8H2,1-3H3,(H3,12,13,16). The summed E-state index contributed by atoms with van der Waals surface area (Å²) in [5.74, 6) is -0.486. The van der Waals surface area contributed by atoms with Crippen LogP contribution >= 0.6 is 7.67 Å². The number of likely N-dealkylation sites (tertiary alicyclic amines) is 1. The van der Waals surface area contributed by atoms with Crippen molar-refractivity contribution in [3.63, 3.8) is 0 Å². The number of carbonyl (C=O) groups is 1. The summed E-state index contributed by atoms with van der Waals surface area (Å²) >= 11 is 0. The highest BCUT2D eigenvalue weighted by Gasteiger charge is 2.29. The van der Waals surface area contributed by atoms with E-state index in [4.69, 9.17) is 14.8 Å². The van der Waals surface area contributed by atoms with Gasteiger partial charge in [-0.2, -0.15) is 0 Å². The minimum Gasteiger partial charge on any atom is -0.465 e. The zero-order chi connectivity index (χ0) is 14.5. The quantitative estimate of drug-likeness (QED) is 0.550. The lowest BCUT2D eigenvalue weighted by atomic mass is 10.1. The van der Waals surface area contributed by atoms with E-state index < -0.39 is 19.7 Å². The van der Waals surface area contributed by atoms with Crippen LogP contribution in [0.3, 0.4) is 0 Å². The van der Waals surface area contributed by atoms with Gasteiger partial charge >= 0.3 is 13.6 Å². The Balaban J connectivity index is 2.42. The Morgan fingerprint density at radius 1 is 1.53 bits per heavy atom. The smallest absolute Gasteiger partial charge is 0.339 e. The monoisotopic (exact) mass is 293 g/mol. The molecule has 0 spiro atoms. The number of nitrogens with one attached hydrogen (secondary N) is 1. The number of esters is 1. The van der Waals surface area contributed by atoms with Gasteiger partial charge in [0.2, 0.25) is 0 Å². The fourth-order valence-corrected chi connectivity index (χ4v) is 3.29. The first kappa shape index (κ1) is 16.6. The Hall–Kier alpha value is -0.460. The molecule has 0 amide bonds. The Labute approximate surface area is 114 Å². The highest BCUT2D eigenvalue weighted by molar-refractivity contribution is 7.54. The van der Waals surface area contributed by atoms with Gasteiger partial charge in [-0.25, -0.2) is 10.6 Å². The van der Waals surface area contributed by atoms with E-state index in [1.54, 1.807) is 13.8 Å². The third-order valence-corrected chi connectivity index (χ3v) is 4.34. The van der Waals surface area contributed by atoms with Crippen molar-refractivity contribution in [3.8, 4) is 0 Å². The van der Waals surface area contributed by atoms with Crippen LogP contribution in [-0.4, -0.2) is 49.8 Å². The van der Waals surface area contributed by atoms with Crippen molar-refractivity contribution < 1.29 is 18.6 Å². The second-order valence-electron chi connectivity index (χ2n) is 4.81. The molecule has 1 aliphatic rings. The number of rotatable bonds is 6. The molecule has 8 heteroatoms. The van der Waals surface area contributed by atoms with Crippen molar-refractivity contribution in [1.82, 2.24) is 9.99 Å². The van der Waals surface area contributed by atoms with Gasteiger partial charge in [-0.05, 0) is 33.7 Å². The Kier molecular flexibility index (Phi) is 6.42. The number of nitrogens with zero attached hydrogens (tertiary/aromatic N) is 1. The Morgan fingerprint density at radius 3 is 2.63 bits per heavy atom. The average Bonchev–Trinajstić information content (AvgIpc) is 2.31. The highest BCUT2D eigenvalue weighted by Crippen LogP contribution is 2.37. The molecule has 1 heterocycles. The summed E-state index contributed by atoms with van der Waals surface area (Å²) < 4.78 is 22.3. The van der Waals surface area contributed by atoms with Crippen LogP contribution in [0.1, 0.15) is 26.7 Å². The number of ether oxygens (including phenoxy) is 1. The van der Waals surface area contributed by atoms with E-state index in [2.05, 4.69) is 9.99 Å². The van der Waals surface area contributed by atoms with Gasteiger partial charge in [-0.15, -0.1) is 0 Å². The molecule has 1 fully saturated rings.